The third-order valence-electron chi connectivity index (χ3n) is 4.82. The lowest BCUT2D eigenvalue weighted by molar-refractivity contribution is -0.252. The average Bonchev–Trinajstić information content (AvgIpc) is 2.51. The molecule has 2 heterocycles. The monoisotopic (exact) mass is 276 g/mol. The van der Waals surface area contributed by atoms with Crippen molar-refractivity contribution in [1.29, 1.82) is 0 Å². The largest absolute Gasteiger partial charge is 0.311 e. The van der Waals surface area contributed by atoms with Gasteiger partial charge in [0.2, 0.25) is 0 Å². The van der Waals surface area contributed by atoms with E-state index in [0.29, 0.717) is 5.71 Å². The van der Waals surface area contributed by atoms with Crippen LogP contribution in [0.1, 0.15) is 33.3 Å². The van der Waals surface area contributed by atoms with Crippen molar-refractivity contribution in [2.45, 2.75) is 44.6 Å². The Hall–Kier alpha value is -1.47. The first-order valence-electron chi connectivity index (χ1n) is 6.65. The third-order valence-corrected chi connectivity index (χ3v) is 4.82. The molecule has 0 spiro atoms. The van der Waals surface area contributed by atoms with Gasteiger partial charge in [-0.05, 0) is 33.3 Å². The first-order chi connectivity index (χ1) is 9.29. The Balaban J connectivity index is 2.30. The molecule has 0 aliphatic carbocycles. The summed E-state index contributed by atoms with van der Waals surface area (Å²) in [7, 11) is 0. The maximum Gasteiger partial charge on any atom is 0.177 e. The lowest BCUT2D eigenvalue weighted by Gasteiger charge is -2.45. The molecule has 0 amide bonds. The van der Waals surface area contributed by atoms with Crippen LogP contribution in [0.3, 0.4) is 0 Å². The van der Waals surface area contributed by atoms with Crippen LogP contribution in [0.2, 0.25) is 0 Å². The van der Waals surface area contributed by atoms with Crippen molar-refractivity contribution in [2.24, 2.45) is 5.10 Å². The second-order valence-electron chi connectivity index (χ2n) is 6.09. The average molecular weight is 276 g/mol. The molecule has 0 saturated carbocycles. The molecule has 6 heteroatoms. The summed E-state index contributed by atoms with van der Waals surface area (Å²) in [6.07, 6.45) is 0. The smallest absolute Gasteiger partial charge is 0.177 e. The second kappa shape index (κ2) is 3.79. The predicted octanol–water partition coefficient (Wildman–Crippen LogP) is 1.71. The highest BCUT2D eigenvalue weighted by atomic mass is 16.6. The van der Waals surface area contributed by atoms with Gasteiger partial charge < -0.3 is 10.4 Å². The van der Waals surface area contributed by atoms with E-state index in [0.717, 1.165) is 10.6 Å². The van der Waals surface area contributed by atoms with Crippen LogP contribution in [0.25, 0.3) is 0 Å². The van der Waals surface area contributed by atoms with E-state index in [-0.39, 0.29) is 0 Å². The van der Waals surface area contributed by atoms with Crippen LogP contribution < -0.4 is 5.43 Å². The Morgan fingerprint density at radius 2 is 1.65 bits per heavy atom. The topological polar surface area (TPSA) is 71.3 Å². The van der Waals surface area contributed by atoms with E-state index in [9.17, 15) is 10.4 Å². The van der Waals surface area contributed by atoms with Gasteiger partial charge in [0.15, 0.2) is 11.3 Å². The minimum Gasteiger partial charge on any atom is -0.311 e. The van der Waals surface area contributed by atoms with Gasteiger partial charge in [0.05, 0.1) is 11.3 Å². The van der Waals surface area contributed by atoms with E-state index in [1.807, 2.05) is 44.2 Å². The highest BCUT2D eigenvalue weighted by Gasteiger charge is 2.72. The first kappa shape index (κ1) is 13.5. The quantitative estimate of drug-likeness (QED) is 0.728. The van der Waals surface area contributed by atoms with E-state index >= 15 is 0 Å². The van der Waals surface area contributed by atoms with Gasteiger partial charge in [0.25, 0.3) is 0 Å². The lowest BCUT2D eigenvalue weighted by atomic mass is 9.83. The van der Waals surface area contributed by atoms with Crippen molar-refractivity contribution < 1.29 is 10.4 Å². The van der Waals surface area contributed by atoms with Crippen LogP contribution in [0, 0.1) is 0 Å². The predicted molar refractivity (Wildman–Crippen MR) is 74.1 cm³/mol. The number of hydrogen-bond acceptors (Lipinski definition) is 6. The molecule has 3 rings (SSSR count). The zero-order chi connectivity index (χ0) is 14.8. The molecule has 2 atom stereocenters. The van der Waals surface area contributed by atoms with Crippen LogP contribution in [-0.2, 0) is 5.66 Å². The summed E-state index contributed by atoms with van der Waals surface area (Å²) in [5, 5.41) is 28.2. The third kappa shape index (κ3) is 1.20. The Bertz CT molecular complexity index is 574. The summed E-state index contributed by atoms with van der Waals surface area (Å²) >= 11 is 0. The van der Waals surface area contributed by atoms with Crippen LogP contribution >= 0.6 is 0 Å². The van der Waals surface area contributed by atoms with Crippen molar-refractivity contribution in [3.8, 4) is 0 Å². The maximum atomic E-state index is 10.8. The van der Waals surface area contributed by atoms with Gasteiger partial charge in [-0.15, -0.1) is 5.06 Å². The molecular weight excluding hydrogens is 256 g/mol. The highest BCUT2D eigenvalue weighted by Crippen LogP contribution is 2.53. The molecule has 3 N–H and O–H groups in total. The van der Waals surface area contributed by atoms with Gasteiger partial charge in [-0.1, -0.05) is 30.3 Å². The van der Waals surface area contributed by atoms with Gasteiger partial charge in [-0.2, -0.15) is 10.2 Å². The van der Waals surface area contributed by atoms with Crippen LogP contribution in [0.5, 0.6) is 0 Å². The summed E-state index contributed by atoms with van der Waals surface area (Å²) in [5.74, 6) is 0. The Labute approximate surface area is 118 Å². The molecule has 1 fully saturated rings. The zero-order valence-corrected chi connectivity index (χ0v) is 12.1. The number of benzene rings is 1. The van der Waals surface area contributed by atoms with Gasteiger partial charge in [0.1, 0.15) is 0 Å². The van der Waals surface area contributed by atoms with Crippen molar-refractivity contribution in [3.63, 3.8) is 0 Å². The van der Waals surface area contributed by atoms with Crippen molar-refractivity contribution in [3.05, 3.63) is 35.9 Å². The molecular formula is C14H20N4O2. The fourth-order valence-electron chi connectivity index (χ4n) is 3.35. The van der Waals surface area contributed by atoms with Gasteiger partial charge in [0, 0.05) is 0 Å². The zero-order valence-electron chi connectivity index (χ0n) is 12.1. The number of hydroxylamine groups is 4. The molecule has 2 aliphatic heterocycles. The number of fused-ring (bicyclic) bond motifs is 2. The van der Waals surface area contributed by atoms with Crippen LogP contribution in [0.15, 0.2) is 35.4 Å². The minimum atomic E-state index is -1.06. The van der Waals surface area contributed by atoms with Gasteiger partial charge in [-0.3, -0.25) is 5.43 Å². The second-order valence-corrected chi connectivity index (χ2v) is 6.09. The SMILES string of the molecule is CC1=NNC2(c3ccccc3)N(O)C1(C)N(O)C2(C)C. The number of rotatable bonds is 1. The minimum absolute atomic E-state index is 0.597. The fourth-order valence-corrected chi connectivity index (χ4v) is 3.35. The Morgan fingerprint density at radius 3 is 2.25 bits per heavy atom. The standard InChI is InChI=1S/C14H20N4O2/c1-10-13(4)17(19)12(2,3)14(16-15-10,18(13)20)11-8-6-5-7-9-11/h5-9,16,19-20H,1-4H3. The van der Waals surface area contributed by atoms with E-state index in [2.05, 4.69) is 10.5 Å². The van der Waals surface area contributed by atoms with Gasteiger partial charge in [-0.25, -0.2) is 0 Å². The van der Waals surface area contributed by atoms with E-state index < -0.39 is 16.9 Å². The van der Waals surface area contributed by atoms with E-state index in [1.54, 1.807) is 13.8 Å². The van der Waals surface area contributed by atoms with E-state index in [1.165, 1.54) is 5.06 Å². The molecule has 2 bridgehead atoms. The number of nitrogens with zero attached hydrogens (tertiary/aromatic N) is 3. The first-order valence-corrected chi connectivity index (χ1v) is 6.65. The molecule has 20 heavy (non-hydrogen) atoms. The van der Waals surface area contributed by atoms with Crippen molar-refractivity contribution >= 4 is 5.71 Å². The number of nitrogens with one attached hydrogen (secondary N) is 1. The number of hydrazone groups is 1. The Morgan fingerprint density at radius 1 is 1.05 bits per heavy atom. The van der Waals surface area contributed by atoms with Crippen LogP contribution in [0.4, 0.5) is 0 Å². The molecule has 0 radical (unpaired) electrons. The van der Waals surface area contributed by atoms with Gasteiger partial charge >= 0.3 is 0 Å². The maximum absolute atomic E-state index is 10.8. The molecule has 2 unspecified atom stereocenters. The lowest BCUT2D eigenvalue weighted by Crippen LogP contribution is -2.65. The molecule has 1 aromatic carbocycles. The Kier molecular flexibility index (Phi) is 2.56. The highest BCUT2D eigenvalue weighted by molar-refractivity contribution is 5.91. The molecule has 2 aliphatic rings. The molecule has 108 valence electrons. The number of hydrogen-bond donors (Lipinski definition) is 3. The summed E-state index contributed by atoms with van der Waals surface area (Å²) < 4.78 is 0. The van der Waals surface area contributed by atoms with Crippen molar-refractivity contribution in [2.75, 3.05) is 0 Å². The summed E-state index contributed by atoms with van der Waals surface area (Å²) in [6, 6.07) is 9.54. The molecule has 0 aromatic heterocycles. The fraction of sp³-hybridized carbons (Fsp3) is 0.500. The van der Waals surface area contributed by atoms with Crippen molar-refractivity contribution in [1.82, 2.24) is 15.6 Å². The summed E-state index contributed by atoms with van der Waals surface area (Å²) in [5.41, 5.74) is 1.61. The molecule has 1 saturated heterocycles. The van der Waals surface area contributed by atoms with Crippen LogP contribution in [-0.4, -0.2) is 37.5 Å². The molecule has 6 nitrogen and oxygen atoms in total. The summed E-state index contributed by atoms with van der Waals surface area (Å²) in [6.45, 7) is 7.26. The normalized spacial score (nSPS) is 36.6. The summed E-state index contributed by atoms with van der Waals surface area (Å²) in [4.78, 5) is 0. The molecule has 1 aromatic rings. The van der Waals surface area contributed by atoms with E-state index in [4.69, 9.17) is 0 Å².